The lowest BCUT2D eigenvalue weighted by molar-refractivity contribution is -0.125. The highest BCUT2D eigenvalue weighted by Crippen LogP contribution is 2.36. The summed E-state index contributed by atoms with van der Waals surface area (Å²) in [5.74, 6) is 0.0553. The van der Waals surface area contributed by atoms with Crippen LogP contribution in [-0.2, 0) is 4.79 Å². The van der Waals surface area contributed by atoms with E-state index in [4.69, 9.17) is 5.26 Å². The number of carbonyl (C=O) groups is 1. The Balaban J connectivity index is 2.75. The fourth-order valence-corrected chi connectivity index (χ4v) is 1.70. The van der Waals surface area contributed by atoms with Crippen molar-refractivity contribution in [2.75, 3.05) is 0 Å². The molecule has 2 nitrogen and oxygen atoms in total. The van der Waals surface area contributed by atoms with Gasteiger partial charge in [-0.05, 0) is 19.8 Å². The highest BCUT2D eigenvalue weighted by Gasteiger charge is 2.36. The predicted octanol–water partition coefficient (Wildman–Crippen LogP) is 2.05. The Labute approximate surface area is 67.2 Å². The number of ketones is 1. The molecule has 0 saturated heterocycles. The fourth-order valence-electron chi connectivity index (χ4n) is 1.70. The van der Waals surface area contributed by atoms with E-state index in [-0.39, 0.29) is 5.78 Å². The minimum absolute atomic E-state index is 0.0553. The normalized spacial score (nSPS) is 22.2. The van der Waals surface area contributed by atoms with Crippen molar-refractivity contribution < 1.29 is 4.79 Å². The summed E-state index contributed by atoms with van der Waals surface area (Å²) in [6, 6.07) is 2.17. The van der Waals surface area contributed by atoms with Crippen molar-refractivity contribution in [3.05, 3.63) is 0 Å². The molecule has 2 heteroatoms. The van der Waals surface area contributed by atoms with Gasteiger partial charge in [0.15, 0.2) is 0 Å². The van der Waals surface area contributed by atoms with Crippen LogP contribution in [0.15, 0.2) is 0 Å². The summed E-state index contributed by atoms with van der Waals surface area (Å²) in [6.07, 6.45) is 4.80. The smallest absolute Gasteiger partial charge is 0.150 e. The SMILES string of the molecule is CC(=O)C1(C#N)CCCCC1. The summed E-state index contributed by atoms with van der Waals surface area (Å²) < 4.78 is 0. The molecular weight excluding hydrogens is 138 g/mol. The Kier molecular flexibility index (Phi) is 2.28. The van der Waals surface area contributed by atoms with Crippen molar-refractivity contribution in [1.82, 2.24) is 0 Å². The molecule has 0 unspecified atom stereocenters. The number of rotatable bonds is 1. The molecule has 0 N–H and O–H groups in total. The Morgan fingerprint density at radius 2 is 1.91 bits per heavy atom. The van der Waals surface area contributed by atoms with Crippen LogP contribution in [-0.4, -0.2) is 5.78 Å². The number of nitriles is 1. The zero-order valence-electron chi connectivity index (χ0n) is 6.89. The van der Waals surface area contributed by atoms with Gasteiger partial charge < -0.3 is 0 Å². The van der Waals surface area contributed by atoms with Gasteiger partial charge in [0.25, 0.3) is 0 Å². The average Bonchev–Trinajstić information content (AvgIpc) is 2.05. The summed E-state index contributed by atoms with van der Waals surface area (Å²) in [5, 5.41) is 8.84. The van der Waals surface area contributed by atoms with Crippen LogP contribution in [0.25, 0.3) is 0 Å². The molecule has 1 fully saturated rings. The topological polar surface area (TPSA) is 40.9 Å². The minimum atomic E-state index is -0.613. The monoisotopic (exact) mass is 151 g/mol. The molecule has 0 heterocycles. The largest absolute Gasteiger partial charge is 0.298 e. The van der Waals surface area contributed by atoms with Crippen molar-refractivity contribution in [3.63, 3.8) is 0 Å². The van der Waals surface area contributed by atoms with Crippen molar-refractivity contribution in [1.29, 1.82) is 5.26 Å². The van der Waals surface area contributed by atoms with Gasteiger partial charge in [-0.25, -0.2) is 0 Å². The van der Waals surface area contributed by atoms with E-state index in [1.54, 1.807) is 0 Å². The molecule has 0 atom stereocenters. The van der Waals surface area contributed by atoms with Gasteiger partial charge in [-0.2, -0.15) is 5.26 Å². The van der Waals surface area contributed by atoms with E-state index in [1.807, 2.05) is 0 Å². The van der Waals surface area contributed by atoms with Crippen LogP contribution in [0, 0.1) is 16.7 Å². The van der Waals surface area contributed by atoms with Gasteiger partial charge in [-0.3, -0.25) is 4.79 Å². The standard InChI is InChI=1S/C9H13NO/c1-8(11)9(7-10)5-3-2-4-6-9/h2-6H2,1H3. The van der Waals surface area contributed by atoms with E-state index < -0.39 is 5.41 Å². The number of hydrogen-bond acceptors (Lipinski definition) is 2. The molecule has 1 saturated carbocycles. The summed E-state index contributed by atoms with van der Waals surface area (Å²) in [7, 11) is 0. The van der Waals surface area contributed by atoms with Crippen molar-refractivity contribution in [3.8, 4) is 6.07 Å². The van der Waals surface area contributed by atoms with Crippen molar-refractivity contribution in [2.45, 2.75) is 39.0 Å². The van der Waals surface area contributed by atoms with E-state index in [1.165, 1.54) is 13.3 Å². The lowest BCUT2D eigenvalue weighted by Gasteiger charge is -2.27. The minimum Gasteiger partial charge on any atom is -0.298 e. The molecule has 60 valence electrons. The van der Waals surface area contributed by atoms with Crippen LogP contribution >= 0.6 is 0 Å². The molecular formula is C9H13NO. The highest BCUT2D eigenvalue weighted by atomic mass is 16.1. The molecule has 0 aromatic heterocycles. The zero-order valence-corrected chi connectivity index (χ0v) is 6.89. The first-order valence-corrected chi connectivity index (χ1v) is 4.13. The van der Waals surface area contributed by atoms with E-state index in [9.17, 15) is 4.79 Å². The summed E-state index contributed by atoms with van der Waals surface area (Å²) in [6.45, 7) is 1.54. The molecule has 1 aliphatic carbocycles. The van der Waals surface area contributed by atoms with Gasteiger partial charge in [-0.1, -0.05) is 19.3 Å². The first-order chi connectivity index (χ1) is 5.21. The maximum absolute atomic E-state index is 11.1. The van der Waals surface area contributed by atoms with E-state index in [0.29, 0.717) is 0 Å². The van der Waals surface area contributed by atoms with Gasteiger partial charge in [0.1, 0.15) is 11.2 Å². The lowest BCUT2D eigenvalue weighted by Crippen LogP contribution is -2.29. The average molecular weight is 151 g/mol. The third-order valence-electron chi connectivity index (χ3n) is 2.60. The van der Waals surface area contributed by atoms with Crippen LogP contribution < -0.4 is 0 Å². The molecule has 1 aliphatic rings. The molecule has 0 aromatic rings. The second-order valence-electron chi connectivity index (χ2n) is 3.31. The first-order valence-electron chi connectivity index (χ1n) is 4.13. The maximum Gasteiger partial charge on any atom is 0.150 e. The summed E-state index contributed by atoms with van der Waals surface area (Å²) in [5.41, 5.74) is -0.613. The number of Topliss-reactive ketones (excluding diaryl/α,β-unsaturated/α-hetero) is 1. The van der Waals surface area contributed by atoms with E-state index >= 15 is 0 Å². The van der Waals surface area contributed by atoms with Crippen molar-refractivity contribution in [2.24, 2.45) is 5.41 Å². The molecule has 0 aromatic carbocycles. The van der Waals surface area contributed by atoms with Crippen LogP contribution in [0.2, 0.25) is 0 Å². The van der Waals surface area contributed by atoms with Gasteiger partial charge >= 0.3 is 0 Å². The molecule has 0 radical (unpaired) electrons. The molecule has 1 rings (SSSR count). The number of carbonyl (C=O) groups excluding carboxylic acids is 1. The van der Waals surface area contributed by atoms with Crippen molar-refractivity contribution >= 4 is 5.78 Å². The fraction of sp³-hybridized carbons (Fsp3) is 0.778. The lowest BCUT2D eigenvalue weighted by atomic mass is 9.73. The van der Waals surface area contributed by atoms with Crippen LogP contribution in [0.5, 0.6) is 0 Å². The third kappa shape index (κ3) is 1.42. The van der Waals surface area contributed by atoms with E-state index in [0.717, 1.165) is 25.7 Å². The second kappa shape index (κ2) is 3.04. The molecule has 0 amide bonds. The Morgan fingerprint density at radius 3 is 2.18 bits per heavy atom. The quantitative estimate of drug-likeness (QED) is 0.575. The maximum atomic E-state index is 11.1. The summed E-state index contributed by atoms with van der Waals surface area (Å²) in [4.78, 5) is 11.1. The number of nitrogens with zero attached hydrogens (tertiary/aromatic N) is 1. The van der Waals surface area contributed by atoms with Crippen LogP contribution in [0.3, 0.4) is 0 Å². The first kappa shape index (κ1) is 8.26. The molecule has 0 spiro atoms. The Hall–Kier alpha value is -0.840. The number of hydrogen-bond donors (Lipinski definition) is 0. The molecule has 11 heavy (non-hydrogen) atoms. The molecule has 0 bridgehead atoms. The summed E-state index contributed by atoms with van der Waals surface area (Å²) >= 11 is 0. The zero-order chi connectivity index (χ0) is 8.32. The van der Waals surface area contributed by atoms with Gasteiger partial charge in [0, 0.05) is 0 Å². The second-order valence-corrected chi connectivity index (χ2v) is 3.31. The van der Waals surface area contributed by atoms with Crippen LogP contribution in [0.4, 0.5) is 0 Å². The van der Waals surface area contributed by atoms with Gasteiger partial charge in [0.2, 0.25) is 0 Å². The Bertz CT molecular complexity index is 196. The highest BCUT2D eigenvalue weighted by molar-refractivity contribution is 5.85. The van der Waals surface area contributed by atoms with E-state index in [2.05, 4.69) is 6.07 Å². The van der Waals surface area contributed by atoms with Gasteiger partial charge in [-0.15, -0.1) is 0 Å². The Morgan fingerprint density at radius 1 is 1.36 bits per heavy atom. The van der Waals surface area contributed by atoms with Gasteiger partial charge in [0.05, 0.1) is 6.07 Å². The predicted molar refractivity (Wildman–Crippen MR) is 41.8 cm³/mol. The third-order valence-corrected chi connectivity index (χ3v) is 2.60. The molecule has 0 aliphatic heterocycles. The van der Waals surface area contributed by atoms with Crippen LogP contribution in [0.1, 0.15) is 39.0 Å².